The van der Waals surface area contributed by atoms with E-state index in [9.17, 15) is 0 Å². The van der Waals surface area contributed by atoms with Gasteiger partial charge in [-0.2, -0.15) is 0 Å². The van der Waals surface area contributed by atoms with Crippen molar-refractivity contribution in [1.29, 1.82) is 0 Å². The van der Waals surface area contributed by atoms with Gasteiger partial charge in [0.15, 0.2) is 0 Å². The van der Waals surface area contributed by atoms with Gasteiger partial charge in [0.2, 0.25) is 0 Å². The molecule has 1 saturated heterocycles. The molecule has 0 aromatic heterocycles. The molecule has 2 atom stereocenters. The highest BCUT2D eigenvalue weighted by Crippen LogP contribution is 2.37. The molecule has 1 saturated carbocycles. The highest BCUT2D eigenvalue weighted by Gasteiger charge is 2.28. The molecule has 21 heavy (non-hydrogen) atoms. The minimum absolute atomic E-state index is 0.776. The molecule has 3 heteroatoms. The van der Waals surface area contributed by atoms with Crippen LogP contribution in [0.25, 0.3) is 0 Å². The van der Waals surface area contributed by atoms with E-state index in [0.717, 1.165) is 17.2 Å². The molecule has 2 nitrogen and oxygen atoms in total. The largest absolute Gasteiger partial charge is 0.314 e. The standard InChI is InChI=1S/C18H26N2S/c1-2-6-18-15(5-1)10-17(21-18)13-20-9-3-4-14(12-20)11-19-16-7-8-16/h1-2,5-6,14,16-17,19H,3-4,7-13H2. The van der Waals surface area contributed by atoms with Gasteiger partial charge >= 0.3 is 0 Å². The Bertz CT molecular complexity index is 461. The van der Waals surface area contributed by atoms with Gasteiger partial charge < -0.3 is 10.2 Å². The third-order valence-electron chi connectivity index (χ3n) is 5.05. The lowest BCUT2D eigenvalue weighted by molar-refractivity contribution is 0.173. The lowest BCUT2D eigenvalue weighted by Crippen LogP contribution is -2.42. The molecule has 1 aromatic rings. The fourth-order valence-corrected chi connectivity index (χ4v) is 5.12. The van der Waals surface area contributed by atoms with Crippen LogP contribution in [0.4, 0.5) is 0 Å². The monoisotopic (exact) mass is 302 g/mol. The van der Waals surface area contributed by atoms with Gasteiger partial charge in [-0.05, 0) is 62.7 Å². The summed E-state index contributed by atoms with van der Waals surface area (Å²) in [5.41, 5.74) is 1.57. The molecule has 2 aliphatic heterocycles. The Hall–Kier alpha value is -0.510. The van der Waals surface area contributed by atoms with Crippen LogP contribution in [0, 0.1) is 5.92 Å². The first kappa shape index (κ1) is 14.1. The van der Waals surface area contributed by atoms with Crippen molar-refractivity contribution in [3.63, 3.8) is 0 Å². The molecule has 1 aliphatic carbocycles. The fraction of sp³-hybridized carbons (Fsp3) is 0.667. The van der Waals surface area contributed by atoms with Crippen molar-refractivity contribution < 1.29 is 0 Å². The van der Waals surface area contributed by atoms with Gasteiger partial charge in [0, 0.05) is 29.3 Å². The molecule has 3 aliphatic rings. The summed E-state index contributed by atoms with van der Waals surface area (Å²) in [5.74, 6) is 0.883. The lowest BCUT2D eigenvalue weighted by atomic mass is 9.97. The highest BCUT2D eigenvalue weighted by molar-refractivity contribution is 8.00. The van der Waals surface area contributed by atoms with E-state index in [0.29, 0.717) is 0 Å². The number of piperidine rings is 1. The maximum absolute atomic E-state index is 3.72. The number of rotatable bonds is 5. The van der Waals surface area contributed by atoms with Crippen molar-refractivity contribution in [3.05, 3.63) is 29.8 Å². The molecular formula is C18H26N2S. The van der Waals surface area contributed by atoms with Crippen LogP contribution < -0.4 is 5.32 Å². The number of nitrogens with one attached hydrogen (secondary N) is 1. The first-order valence-corrected chi connectivity index (χ1v) is 9.45. The van der Waals surface area contributed by atoms with E-state index >= 15 is 0 Å². The van der Waals surface area contributed by atoms with Gasteiger partial charge in [0.1, 0.15) is 0 Å². The first-order chi connectivity index (χ1) is 10.4. The molecule has 0 bridgehead atoms. The van der Waals surface area contributed by atoms with Crippen molar-refractivity contribution in [2.24, 2.45) is 5.92 Å². The Balaban J connectivity index is 1.27. The van der Waals surface area contributed by atoms with E-state index in [1.807, 2.05) is 0 Å². The summed E-state index contributed by atoms with van der Waals surface area (Å²) in [6.07, 6.45) is 6.90. The molecular weight excluding hydrogens is 276 g/mol. The molecule has 1 aromatic carbocycles. The molecule has 1 N–H and O–H groups in total. The Kier molecular flexibility index (Phi) is 4.24. The summed E-state index contributed by atoms with van der Waals surface area (Å²) in [6.45, 7) is 5.15. The molecule has 2 unspecified atom stereocenters. The zero-order valence-corrected chi connectivity index (χ0v) is 13.6. The molecule has 2 fully saturated rings. The first-order valence-electron chi connectivity index (χ1n) is 8.57. The normalized spacial score (nSPS) is 29.5. The summed E-state index contributed by atoms with van der Waals surface area (Å²) < 4.78 is 0. The number of benzene rings is 1. The predicted molar refractivity (Wildman–Crippen MR) is 90.0 cm³/mol. The fourth-order valence-electron chi connectivity index (χ4n) is 3.75. The van der Waals surface area contributed by atoms with E-state index < -0.39 is 0 Å². The van der Waals surface area contributed by atoms with Gasteiger partial charge in [0.05, 0.1) is 0 Å². The van der Waals surface area contributed by atoms with Crippen LogP contribution in [0.3, 0.4) is 0 Å². The van der Waals surface area contributed by atoms with Crippen molar-refractivity contribution in [2.45, 2.75) is 48.3 Å². The Labute approximate surface area is 132 Å². The van der Waals surface area contributed by atoms with Crippen LogP contribution >= 0.6 is 11.8 Å². The molecule has 2 heterocycles. The van der Waals surface area contributed by atoms with Crippen LogP contribution in [0.1, 0.15) is 31.2 Å². The van der Waals surface area contributed by atoms with Crippen molar-refractivity contribution in [2.75, 3.05) is 26.2 Å². The minimum atomic E-state index is 0.776. The summed E-state index contributed by atoms with van der Waals surface area (Å²) in [5, 5.41) is 4.50. The van der Waals surface area contributed by atoms with Crippen LogP contribution in [0.5, 0.6) is 0 Å². The Morgan fingerprint density at radius 3 is 2.95 bits per heavy atom. The van der Waals surface area contributed by atoms with E-state index in [4.69, 9.17) is 0 Å². The van der Waals surface area contributed by atoms with Gasteiger partial charge in [-0.1, -0.05) is 18.2 Å². The van der Waals surface area contributed by atoms with Crippen molar-refractivity contribution in [1.82, 2.24) is 10.2 Å². The number of hydrogen-bond acceptors (Lipinski definition) is 3. The van der Waals surface area contributed by atoms with Crippen LogP contribution in [0.2, 0.25) is 0 Å². The summed E-state index contributed by atoms with van der Waals surface area (Å²) in [4.78, 5) is 4.25. The van der Waals surface area contributed by atoms with Crippen LogP contribution in [0.15, 0.2) is 29.2 Å². The predicted octanol–water partition coefficient (Wildman–Crippen LogP) is 3.17. The minimum Gasteiger partial charge on any atom is -0.314 e. The number of thioether (sulfide) groups is 1. The third-order valence-corrected chi connectivity index (χ3v) is 6.35. The third kappa shape index (κ3) is 3.64. The summed E-state index contributed by atoms with van der Waals surface area (Å²) in [6, 6.07) is 9.82. The van der Waals surface area contributed by atoms with Gasteiger partial charge in [-0.25, -0.2) is 0 Å². The van der Waals surface area contributed by atoms with E-state index in [-0.39, 0.29) is 0 Å². The molecule has 0 spiro atoms. The highest BCUT2D eigenvalue weighted by atomic mass is 32.2. The van der Waals surface area contributed by atoms with Crippen molar-refractivity contribution in [3.8, 4) is 0 Å². The number of likely N-dealkylation sites (tertiary alicyclic amines) is 1. The van der Waals surface area contributed by atoms with Crippen LogP contribution in [-0.2, 0) is 6.42 Å². The molecule has 114 valence electrons. The zero-order valence-electron chi connectivity index (χ0n) is 12.8. The average Bonchev–Trinajstić information content (AvgIpc) is 3.24. The Morgan fingerprint density at radius 1 is 1.19 bits per heavy atom. The second kappa shape index (κ2) is 6.31. The van der Waals surface area contributed by atoms with Crippen molar-refractivity contribution >= 4 is 11.8 Å². The second-order valence-electron chi connectivity index (χ2n) is 7.00. The number of fused-ring (bicyclic) bond motifs is 1. The second-order valence-corrected chi connectivity index (χ2v) is 8.34. The smallest absolute Gasteiger partial charge is 0.0263 e. The topological polar surface area (TPSA) is 15.3 Å². The Morgan fingerprint density at radius 2 is 2.10 bits per heavy atom. The van der Waals surface area contributed by atoms with Crippen LogP contribution in [-0.4, -0.2) is 42.4 Å². The maximum Gasteiger partial charge on any atom is 0.0263 e. The molecule has 0 amide bonds. The zero-order chi connectivity index (χ0) is 14.1. The number of nitrogens with zero attached hydrogens (tertiary/aromatic N) is 1. The quantitative estimate of drug-likeness (QED) is 0.899. The average molecular weight is 302 g/mol. The van der Waals surface area contributed by atoms with Gasteiger partial charge in [0.25, 0.3) is 0 Å². The van der Waals surface area contributed by atoms with Gasteiger partial charge in [-0.15, -0.1) is 11.8 Å². The molecule has 0 radical (unpaired) electrons. The SMILES string of the molecule is c1ccc2c(c1)CC(CN1CCCC(CNC3CC3)C1)S2. The maximum atomic E-state index is 3.72. The summed E-state index contributed by atoms with van der Waals surface area (Å²) >= 11 is 2.10. The number of hydrogen-bond donors (Lipinski definition) is 1. The van der Waals surface area contributed by atoms with E-state index in [1.165, 1.54) is 63.2 Å². The van der Waals surface area contributed by atoms with E-state index in [1.54, 1.807) is 5.56 Å². The molecule has 4 rings (SSSR count). The summed E-state index contributed by atoms with van der Waals surface area (Å²) in [7, 11) is 0. The lowest BCUT2D eigenvalue weighted by Gasteiger charge is -2.34. The van der Waals surface area contributed by atoms with E-state index in [2.05, 4.69) is 46.2 Å². The van der Waals surface area contributed by atoms with Gasteiger partial charge in [-0.3, -0.25) is 0 Å².